The summed E-state index contributed by atoms with van der Waals surface area (Å²) in [7, 11) is 3.57. The van der Waals surface area contributed by atoms with Gasteiger partial charge in [-0.25, -0.2) is 14.8 Å². The van der Waals surface area contributed by atoms with Crippen molar-refractivity contribution < 1.29 is 5.11 Å². The average Bonchev–Trinajstić information content (AvgIpc) is 3.17. The van der Waals surface area contributed by atoms with E-state index < -0.39 is 5.60 Å². The highest BCUT2D eigenvalue weighted by Gasteiger charge is 2.17. The van der Waals surface area contributed by atoms with Crippen molar-refractivity contribution in [1.82, 2.24) is 28.9 Å². The molecule has 0 unspecified atom stereocenters. The summed E-state index contributed by atoms with van der Waals surface area (Å²) in [6, 6.07) is 7.53. The predicted octanol–water partition coefficient (Wildman–Crippen LogP) is 3.40. The van der Waals surface area contributed by atoms with Crippen LogP contribution < -0.4 is 11.0 Å². The smallest absolute Gasteiger partial charge is 0.328 e. The number of rotatable bonds is 6. The van der Waals surface area contributed by atoms with Crippen LogP contribution in [0.5, 0.6) is 0 Å². The number of anilines is 2. The van der Waals surface area contributed by atoms with Gasteiger partial charge in [-0.3, -0.25) is 13.8 Å². The molecular formula is C22H26ClN7O2. The molecule has 0 bridgehead atoms. The van der Waals surface area contributed by atoms with Crippen molar-refractivity contribution in [3.63, 3.8) is 0 Å². The molecular weight excluding hydrogens is 430 g/mol. The molecule has 10 heteroatoms. The van der Waals surface area contributed by atoms with Crippen LogP contribution in [0.25, 0.3) is 22.6 Å². The molecule has 32 heavy (non-hydrogen) atoms. The molecule has 0 saturated heterocycles. The van der Waals surface area contributed by atoms with Crippen LogP contribution in [0.2, 0.25) is 5.02 Å². The first-order chi connectivity index (χ1) is 15.0. The van der Waals surface area contributed by atoms with Gasteiger partial charge >= 0.3 is 5.69 Å². The maximum atomic E-state index is 12.7. The molecule has 0 aliphatic rings. The monoisotopic (exact) mass is 455 g/mol. The number of nitrogens with zero attached hydrogens (tertiary/aromatic N) is 6. The molecule has 0 atom stereocenters. The zero-order valence-electron chi connectivity index (χ0n) is 18.7. The number of hydrogen-bond donors (Lipinski definition) is 2. The van der Waals surface area contributed by atoms with E-state index in [2.05, 4.69) is 20.4 Å². The molecule has 9 nitrogen and oxygen atoms in total. The third-order valence-corrected chi connectivity index (χ3v) is 5.61. The van der Waals surface area contributed by atoms with Crippen molar-refractivity contribution in [3.8, 4) is 11.5 Å². The molecule has 0 radical (unpaired) electrons. The van der Waals surface area contributed by atoms with Gasteiger partial charge in [-0.05, 0) is 51.5 Å². The molecule has 3 aromatic heterocycles. The van der Waals surface area contributed by atoms with Gasteiger partial charge in [0.05, 0.1) is 28.5 Å². The maximum absolute atomic E-state index is 12.7. The number of aromatic nitrogens is 6. The highest BCUT2D eigenvalue weighted by Crippen LogP contribution is 2.28. The van der Waals surface area contributed by atoms with Crippen LogP contribution in [-0.2, 0) is 20.6 Å². The number of benzene rings is 1. The van der Waals surface area contributed by atoms with Gasteiger partial charge < -0.3 is 10.4 Å². The van der Waals surface area contributed by atoms with E-state index in [9.17, 15) is 9.90 Å². The van der Waals surface area contributed by atoms with Crippen molar-refractivity contribution >= 4 is 34.1 Å². The quantitative estimate of drug-likeness (QED) is 0.462. The second-order valence-corrected chi connectivity index (χ2v) is 8.98. The Bertz CT molecular complexity index is 1360. The standard InChI is InChI=1S/C22H26ClN7O2/c1-13-10-18(29(5)27-13)20-24-12-15(23)19(26-20)25-14-6-7-16-17(11-14)30(21(31)28(16)4)9-8-22(2,3)32/h6-7,10-12,32H,8-9H2,1-5H3,(H,24,25,26). The van der Waals surface area contributed by atoms with Gasteiger partial charge in [0, 0.05) is 26.3 Å². The van der Waals surface area contributed by atoms with Crippen molar-refractivity contribution in [2.24, 2.45) is 14.1 Å². The lowest BCUT2D eigenvalue weighted by Crippen LogP contribution is -2.27. The highest BCUT2D eigenvalue weighted by molar-refractivity contribution is 6.32. The molecule has 2 N–H and O–H groups in total. The molecule has 3 heterocycles. The molecule has 0 aliphatic heterocycles. The fourth-order valence-corrected chi connectivity index (χ4v) is 3.76. The van der Waals surface area contributed by atoms with E-state index in [1.807, 2.05) is 38.2 Å². The van der Waals surface area contributed by atoms with Gasteiger partial charge in [0.2, 0.25) is 0 Å². The second kappa shape index (κ2) is 8.07. The Morgan fingerprint density at radius 1 is 1.19 bits per heavy atom. The number of fused-ring (bicyclic) bond motifs is 1. The number of nitrogens with one attached hydrogen (secondary N) is 1. The zero-order chi connectivity index (χ0) is 23.2. The summed E-state index contributed by atoms with van der Waals surface area (Å²) in [6.45, 7) is 5.77. The normalized spacial score (nSPS) is 12.0. The van der Waals surface area contributed by atoms with Gasteiger partial charge in [0.15, 0.2) is 11.6 Å². The second-order valence-electron chi connectivity index (χ2n) is 8.57. The van der Waals surface area contributed by atoms with Crippen molar-refractivity contribution in [1.29, 1.82) is 0 Å². The Hall–Kier alpha value is -3.17. The summed E-state index contributed by atoms with van der Waals surface area (Å²) in [4.78, 5) is 21.7. The van der Waals surface area contributed by atoms with E-state index in [0.29, 0.717) is 29.6 Å². The third-order valence-electron chi connectivity index (χ3n) is 5.33. The molecule has 168 valence electrons. The molecule has 0 saturated carbocycles. The molecule has 1 aromatic carbocycles. The predicted molar refractivity (Wildman–Crippen MR) is 125 cm³/mol. The van der Waals surface area contributed by atoms with Gasteiger partial charge in [0.1, 0.15) is 10.7 Å². The number of halogens is 1. The van der Waals surface area contributed by atoms with Crippen LogP contribution in [0.15, 0.2) is 35.3 Å². The van der Waals surface area contributed by atoms with E-state index in [-0.39, 0.29) is 5.69 Å². The van der Waals surface area contributed by atoms with Crippen LogP contribution in [0.1, 0.15) is 26.0 Å². The third kappa shape index (κ3) is 4.26. The summed E-state index contributed by atoms with van der Waals surface area (Å²) < 4.78 is 4.99. The Kier molecular flexibility index (Phi) is 5.56. The maximum Gasteiger partial charge on any atom is 0.328 e. The molecule has 0 amide bonds. The number of aryl methyl sites for hydroxylation is 4. The van der Waals surface area contributed by atoms with E-state index >= 15 is 0 Å². The molecule has 0 spiro atoms. The SMILES string of the molecule is Cc1cc(-c2ncc(Cl)c(Nc3ccc4c(c3)n(CCC(C)(C)O)c(=O)n4C)n2)n(C)n1. The van der Waals surface area contributed by atoms with Crippen LogP contribution in [0, 0.1) is 6.92 Å². The van der Waals surface area contributed by atoms with E-state index in [1.54, 1.807) is 40.9 Å². The number of hydrogen-bond acceptors (Lipinski definition) is 6. The lowest BCUT2D eigenvalue weighted by molar-refractivity contribution is 0.0662. The molecule has 0 fully saturated rings. The summed E-state index contributed by atoms with van der Waals surface area (Å²) in [6.07, 6.45) is 2.00. The summed E-state index contributed by atoms with van der Waals surface area (Å²) in [5, 5.41) is 18.1. The van der Waals surface area contributed by atoms with Crippen LogP contribution in [0.4, 0.5) is 11.5 Å². The molecule has 0 aliphatic carbocycles. The Morgan fingerprint density at radius 2 is 1.94 bits per heavy atom. The van der Waals surface area contributed by atoms with Crippen LogP contribution in [0.3, 0.4) is 0 Å². The Balaban J connectivity index is 1.71. The molecule has 4 rings (SSSR count). The lowest BCUT2D eigenvalue weighted by Gasteiger charge is -2.17. The fraction of sp³-hybridized carbons (Fsp3) is 0.364. The van der Waals surface area contributed by atoms with Gasteiger partial charge in [-0.1, -0.05) is 11.6 Å². The molecule has 4 aromatic rings. The van der Waals surface area contributed by atoms with Gasteiger partial charge in [0.25, 0.3) is 0 Å². The summed E-state index contributed by atoms with van der Waals surface area (Å²) in [5.74, 6) is 0.957. The van der Waals surface area contributed by atoms with E-state index in [4.69, 9.17) is 11.6 Å². The van der Waals surface area contributed by atoms with Crippen LogP contribution >= 0.6 is 11.6 Å². The topological polar surface area (TPSA) is 103 Å². The zero-order valence-corrected chi connectivity index (χ0v) is 19.5. The summed E-state index contributed by atoms with van der Waals surface area (Å²) in [5.41, 5.74) is 2.95. The first-order valence-corrected chi connectivity index (χ1v) is 10.6. The number of imidazole rings is 1. The Labute approximate surface area is 190 Å². The first kappa shape index (κ1) is 22.0. The highest BCUT2D eigenvalue weighted by atomic mass is 35.5. The van der Waals surface area contributed by atoms with Crippen molar-refractivity contribution in [2.45, 2.75) is 39.3 Å². The first-order valence-electron chi connectivity index (χ1n) is 10.3. The van der Waals surface area contributed by atoms with Gasteiger partial charge in [-0.15, -0.1) is 0 Å². The average molecular weight is 456 g/mol. The van der Waals surface area contributed by atoms with Gasteiger partial charge in [-0.2, -0.15) is 5.10 Å². The summed E-state index contributed by atoms with van der Waals surface area (Å²) >= 11 is 6.36. The minimum atomic E-state index is -0.869. The minimum absolute atomic E-state index is 0.129. The largest absolute Gasteiger partial charge is 0.390 e. The fourth-order valence-electron chi connectivity index (χ4n) is 3.62. The minimum Gasteiger partial charge on any atom is -0.390 e. The van der Waals surface area contributed by atoms with Crippen molar-refractivity contribution in [3.05, 3.63) is 51.7 Å². The van der Waals surface area contributed by atoms with Crippen molar-refractivity contribution in [2.75, 3.05) is 5.32 Å². The van der Waals surface area contributed by atoms with E-state index in [0.717, 1.165) is 28.1 Å². The lowest BCUT2D eigenvalue weighted by atomic mass is 10.1. The van der Waals surface area contributed by atoms with E-state index in [1.165, 1.54) is 0 Å². The van der Waals surface area contributed by atoms with Crippen LogP contribution in [-0.4, -0.2) is 39.6 Å². The number of aliphatic hydroxyl groups is 1. The Morgan fingerprint density at radius 3 is 2.59 bits per heavy atom.